The van der Waals surface area contributed by atoms with Gasteiger partial charge in [-0.2, -0.15) is 0 Å². The average Bonchev–Trinajstić information content (AvgIpc) is 2.96. The van der Waals surface area contributed by atoms with Gasteiger partial charge in [0.05, 0.1) is 5.92 Å². The fourth-order valence-electron chi connectivity index (χ4n) is 2.80. The Balaban J connectivity index is 1.63. The summed E-state index contributed by atoms with van der Waals surface area (Å²) in [6.45, 7) is 1.97. The molecule has 1 heterocycles. The molecule has 0 spiro atoms. The van der Waals surface area contributed by atoms with Gasteiger partial charge in [-0.1, -0.05) is 42.0 Å². The molecule has 22 heavy (non-hydrogen) atoms. The molecule has 112 valence electrons. The van der Waals surface area contributed by atoms with Crippen LogP contribution >= 0.6 is 11.8 Å². The van der Waals surface area contributed by atoms with Crippen molar-refractivity contribution in [2.45, 2.75) is 30.6 Å². The summed E-state index contributed by atoms with van der Waals surface area (Å²) in [6, 6.07) is 15.6. The van der Waals surface area contributed by atoms with Crippen LogP contribution < -0.4 is 0 Å². The lowest BCUT2D eigenvalue weighted by Crippen LogP contribution is -2.14. The molecule has 3 heteroatoms. The largest absolute Gasteiger partial charge is 0.299 e. The Morgan fingerprint density at radius 3 is 2.73 bits per heavy atom. The maximum Gasteiger partial charge on any atom is 0.163 e. The number of carbonyl (C=O) groups excluding carboxylic acids is 2. The maximum absolute atomic E-state index is 12.4. The molecule has 0 saturated carbocycles. The Labute approximate surface area is 134 Å². The van der Waals surface area contributed by atoms with E-state index in [0.29, 0.717) is 18.4 Å². The lowest BCUT2D eigenvalue weighted by Gasteiger charge is -2.09. The lowest BCUT2D eigenvalue weighted by molar-refractivity contribution is -0.120. The number of hydrogen-bond donors (Lipinski definition) is 0. The van der Waals surface area contributed by atoms with Crippen molar-refractivity contribution in [1.82, 2.24) is 0 Å². The second-order valence-electron chi connectivity index (χ2n) is 5.66. The van der Waals surface area contributed by atoms with Gasteiger partial charge in [0.15, 0.2) is 5.78 Å². The number of ketones is 2. The minimum Gasteiger partial charge on any atom is -0.299 e. The highest BCUT2D eigenvalue weighted by molar-refractivity contribution is 7.99. The Hall–Kier alpha value is -1.87. The number of aryl methyl sites for hydroxylation is 1. The van der Waals surface area contributed by atoms with E-state index in [4.69, 9.17) is 0 Å². The first-order chi connectivity index (χ1) is 10.6. The topological polar surface area (TPSA) is 34.1 Å². The number of benzene rings is 2. The van der Waals surface area contributed by atoms with Gasteiger partial charge in [0.25, 0.3) is 0 Å². The van der Waals surface area contributed by atoms with Gasteiger partial charge in [-0.15, -0.1) is 11.8 Å². The molecule has 0 radical (unpaired) electrons. The van der Waals surface area contributed by atoms with Gasteiger partial charge >= 0.3 is 0 Å². The molecule has 3 rings (SSSR count). The van der Waals surface area contributed by atoms with Crippen molar-refractivity contribution in [1.29, 1.82) is 0 Å². The SMILES string of the molecule is Cc1cccc(C(=O)CCC(=O)C2CSc3ccccc32)c1. The van der Waals surface area contributed by atoms with Crippen molar-refractivity contribution in [3.8, 4) is 0 Å². The average molecular weight is 310 g/mol. The predicted octanol–water partition coefficient (Wildman–Crippen LogP) is 4.42. The Morgan fingerprint density at radius 2 is 1.91 bits per heavy atom. The van der Waals surface area contributed by atoms with Crippen LogP contribution in [0.1, 0.15) is 40.2 Å². The van der Waals surface area contributed by atoms with Crippen LogP contribution in [0.3, 0.4) is 0 Å². The summed E-state index contributed by atoms with van der Waals surface area (Å²) in [6.07, 6.45) is 0.623. The molecule has 1 unspecified atom stereocenters. The molecular formula is C19H18O2S. The van der Waals surface area contributed by atoms with Crippen molar-refractivity contribution in [2.24, 2.45) is 0 Å². The summed E-state index contributed by atoms with van der Waals surface area (Å²) in [5, 5.41) is 0. The first-order valence-corrected chi connectivity index (χ1v) is 8.48. The van der Waals surface area contributed by atoms with Gasteiger partial charge in [0.2, 0.25) is 0 Å². The monoisotopic (exact) mass is 310 g/mol. The van der Waals surface area contributed by atoms with E-state index in [0.717, 1.165) is 16.9 Å². The van der Waals surface area contributed by atoms with E-state index in [1.165, 1.54) is 4.90 Å². The summed E-state index contributed by atoms with van der Waals surface area (Å²) in [5.41, 5.74) is 2.90. The van der Waals surface area contributed by atoms with E-state index >= 15 is 0 Å². The maximum atomic E-state index is 12.4. The van der Waals surface area contributed by atoms with E-state index < -0.39 is 0 Å². The molecule has 1 aliphatic rings. The Kier molecular flexibility index (Phi) is 4.44. The van der Waals surface area contributed by atoms with Crippen molar-refractivity contribution < 1.29 is 9.59 Å². The third kappa shape index (κ3) is 3.14. The van der Waals surface area contributed by atoms with E-state index in [2.05, 4.69) is 6.07 Å². The van der Waals surface area contributed by atoms with Crippen molar-refractivity contribution >= 4 is 23.3 Å². The summed E-state index contributed by atoms with van der Waals surface area (Å²) >= 11 is 1.73. The van der Waals surface area contributed by atoms with Gasteiger partial charge in [0, 0.05) is 29.1 Å². The standard InChI is InChI=1S/C19H18O2S/c1-13-5-4-6-14(11-13)17(20)9-10-18(21)16-12-22-19-8-3-2-7-15(16)19/h2-8,11,16H,9-10,12H2,1H3. The zero-order valence-electron chi connectivity index (χ0n) is 12.5. The minimum absolute atomic E-state index is 0.0495. The Morgan fingerprint density at radius 1 is 1.09 bits per heavy atom. The third-order valence-corrected chi connectivity index (χ3v) is 5.21. The number of fused-ring (bicyclic) bond motifs is 1. The van der Waals surface area contributed by atoms with Gasteiger partial charge in [-0.25, -0.2) is 0 Å². The molecule has 0 N–H and O–H groups in total. The highest BCUT2D eigenvalue weighted by Gasteiger charge is 2.28. The van der Waals surface area contributed by atoms with Crippen LogP contribution in [0.4, 0.5) is 0 Å². The quantitative estimate of drug-likeness (QED) is 0.767. The van der Waals surface area contributed by atoms with Crippen LogP contribution in [-0.4, -0.2) is 17.3 Å². The number of Topliss-reactive ketones (excluding diaryl/α,β-unsaturated/α-hetero) is 2. The number of rotatable bonds is 5. The molecule has 0 bridgehead atoms. The summed E-state index contributed by atoms with van der Waals surface area (Å²) < 4.78 is 0. The molecule has 1 atom stereocenters. The van der Waals surface area contributed by atoms with E-state index in [1.807, 2.05) is 49.4 Å². The van der Waals surface area contributed by atoms with Crippen LogP contribution in [0.25, 0.3) is 0 Å². The van der Waals surface area contributed by atoms with E-state index in [1.54, 1.807) is 11.8 Å². The van der Waals surface area contributed by atoms with E-state index in [-0.39, 0.29) is 17.5 Å². The molecule has 0 amide bonds. The molecular weight excluding hydrogens is 292 g/mol. The fraction of sp³-hybridized carbons (Fsp3) is 0.263. The highest BCUT2D eigenvalue weighted by Crippen LogP contribution is 2.40. The molecule has 2 aromatic rings. The van der Waals surface area contributed by atoms with Crippen LogP contribution in [0, 0.1) is 6.92 Å². The first-order valence-electron chi connectivity index (χ1n) is 7.49. The molecule has 2 aromatic carbocycles. The van der Waals surface area contributed by atoms with Crippen LogP contribution in [0.2, 0.25) is 0 Å². The molecule has 1 aliphatic heterocycles. The highest BCUT2D eigenvalue weighted by atomic mass is 32.2. The van der Waals surface area contributed by atoms with Gasteiger partial charge in [0.1, 0.15) is 5.78 Å². The smallest absolute Gasteiger partial charge is 0.163 e. The number of carbonyl (C=O) groups is 2. The first kappa shape index (κ1) is 15.0. The second-order valence-corrected chi connectivity index (χ2v) is 6.72. The van der Waals surface area contributed by atoms with Crippen LogP contribution in [0.15, 0.2) is 53.4 Å². The van der Waals surface area contributed by atoms with E-state index in [9.17, 15) is 9.59 Å². The van der Waals surface area contributed by atoms with Crippen molar-refractivity contribution in [3.05, 3.63) is 65.2 Å². The fourth-order valence-corrected chi connectivity index (χ4v) is 4.07. The molecule has 0 fully saturated rings. The normalized spacial score (nSPS) is 16.3. The Bertz CT molecular complexity index is 721. The molecule has 0 saturated heterocycles. The zero-order chi connectivity index (χ0) is 15.5. The molecule has 0 aromatic heterocycles. The number of hydrogen-bond acceptors (Lipinski definition) is 3. The van der Waals surface area contributed by atoms with Crippen molar-refractivity contribution in [2.75, 3.05) is 5.75 Å². The van der Waals surface area contributed by atoms with Gasteiger partial charge < -0.3 is 0 Å². The van der Waals surface area contributed by atoms with Crippen molar-refractivity contribution in [3.63, 3.8) is 0 Å². The lowest BCUT2D eigenvalue weighted by atomic mass is 9.93. The summed E-state index contributed by atoms with van der Waals surface area (Å²) in [4.78, 5) is 25.8. The summed E-state index contributed by atoms with van der Waals surface area (Å²) in [7, 11) is 0. The van der Waals surface area contributed by atoms with Gasteiger partial charge in [-0.05, 0) is 24.6 Å². The minimum atomic E-state index is -0.0495. The predicted molar refractivity (Wildman–Crippen MR) is 89.7 cm³/mol. The van der Waals surface area contributed by atoms with Crippen LogP contribution in [0.5, 0.6) is 0 Å². The second kappa shape index (κ2) is 6.49. The zero-order valence-corrected chi connectivity index (χ0v) is 13.4. The molecule has 2 nitrogen and oxygen atoms in total. The van der Waals surface area contributed by atoms with Crippen LogP contribution in [-0.2, 0) is 4.79 Å². The van der Waals surface area contributed by atoms with Gasteiger partial charge in [-0.3, -0.25) is 9.59 Å². The summed E-state index contributed by atoms with van der Waals surface area (Å²) in [5.74, 6) is 0.984. The number of thioether (sulfide) groups is 1. The third-order valence-electron chi connectivity index (χ3n) is 4.03. The molecule has 0 aliphatic carbocycles.